The largest absolute Gasteiger partial charge is 0.336 e. The van der Waals surface area contributed by atoms with Gasteiger partial charge in [-0.15, -0.1) is 0 Å². The van der Waals surface area contributed by atoms with E-state index in [1.165, 1.54) is 17.0 Å². The lowest BCUT2D eigenvalue weighted by Crippen LogP contribution is -2.48. The van der Waals surface area contributed by atoms with Crippen LogP contribution in [-0.4, -0.2) is 57.9 Å². The summed E-state index contributed by atoms with van der Waals surface area (Å²) in [6.07, 6.45) is 1.67. The SMILES string of the molecule is O=C(c1ccc(C=C2SC(=O)N(Cc3cccc(Cl)c3)C2=O)cc1)N1CCN(Cc2ccc(F)cc2)CC1. The highest BCUT2D eigenvalue weighted by molar-refractivity contribution is 8.18. The molecule has 3 aromatic carbocycles. The molecule has 2 aliphatic rings. The number of rotatable bonds is 6. The summed E-state index contributed by atoms with van der Waals surface area (Å²) in [7, 11) is 0. The summed E-state index contributed by atoms with van der Waals surface area (Å²) < 4.78 is 13.1. The van der Waals surface area contributed by atoms with E-state index in [9.17, 15) is 18.8 Å². The standard InChI is InChI=1S/C29H25ClFN3O3S/c30-24-3-1-2-22(16-24)19-34-28(36)26(38-29(34)37)17-20-4-8-23(9-5-20)27(35)33-14-12-32(13-15-33)18-21-6-10-25(31)11-7-21/h1-11,16-17H,12-15,18-19H2. The van der Waals surface area contributed by atoms with Crippen LogP contribution in [0.15, 0.2) is 77.7 Å². The highest BCUT2D eigenvalue weighted by Crippen LogP contribution is 2.33. The lowest BCUT2D eigenvalue weighted by molar-refractivity contribution is -0.123. The summed E-state index contributed by atoms with van der Waals surface area (Å²) in [6, 6.07) is 20.6. The first kappa shape index (κ1) is 26.2. The van der Waals surface area contributed by atoms with Gasteiger partial charge in [-0.2, -0.15) is 0 Å². The Morgan fingerprint density at radius 3 is 2.29 bits per heavy atom. The van der Waals surface area contributed by atoms with Gasteiger partial charge in [0.15, 0.2) is 0 Å². The third-order valence-corrected chi connectivity index (χ3v) is 7.68. The van der Waals surface area contributed by atoms with Gasteiger partial charge in [-0.3, -0.25) is 24.2 Å². The zero-order valence-electron chi connectivity index (χ0n) is 20.5. The van der Waals surface area contributed by atoms with Gasteiger partial charge in [-0.25, -0.2) is 4.39 Å². The number of halogens is 2. The molecule has 0 N–H and O–H groups in total. The van der Waals surface area contributed by atoms with Crippen LogP contribution >= 0.6 is 23.4 Å². The second kappa shape index (κ2) is 11.5. The Hall–Kier alpha value is -3.46. The van der Waals surface area contributed by atoms with Crippen molar-refractivity contribution in [2.24, 2.45) is 0 Å². The first-order chi connectivity index (χ1) is 18.4. The van der Waals surface area contributed by atoms with Crippen molar-refractivity contribution in [1.82, 2.24) is 14.7 Å². The Kier molecular flexibility index (Phi) is 7.93. The van der Waals surface area contributed by atoms with Crippen LogP contribution in [0, 0.1) is 5.82 Å². The van der Waals surface area contributed by atoms with E-state index < -0.39 is 0 Å². The number of benzene rings is 3. The average Bonchev–Trinajstić information content (AvgIpc) is 3.18. The van der Waals surface area contributed by atoms with E-state index in [1.54, 1.807) is 60.7 Å². The first-order valence-corrected chi connectivity index (χ1v) is 13.4. The van der Waals surface area contributed by atoms with Gasteiger partial charge in [-0.1, -0.05) is 48.0 Å². The zero-order valence-corrected chi connectivity index (χ0v) is 22.1. The monoisotopic (exact) mass is 549 g/mol. The molecule has 0 unspecified atom stereocenters. The summed E-state index contributed by atoms with van der Waals surface area (Å²) in [6.45, 7) is 3.59. The van der Waals surface area contributed by atoms with Crippen LogP contribution in [0.4, 0.5) is 9.18 Å². The van der Waals surface area contributed by atoms with Crippen LogP contribution in [0.3, 0.4) is 0 Å². The minimum Gasteiger partial charge on any atom is -0.336 e. The average molecular weight is 550 g/mol. The lowest BCUT2D eigenvalue weighted by Gasteiger charge is -2.34. The molecular formula is C29H25ClFN3O3S. The Labute approximate surface area is 229 Å². The van der Waals surface area contributed by atoms with Crippen molar-refractivity contribution in [1.29, 1.82) is 0 Å². The molecule has 0 saturated carbocycles. The molecule has 194 valence electrons. The van der Waals surface area contributed by atoms with Crippen molar-refractivity contribution >= 4 is 46.5 Å². The number of thioether (sulfide) groups is 1. The van der Waals surface area contributed by atoms with Crippen molar-refractivity contribution in [3.63, 3.8) is 0 Å². The van der Waals surface area contributed by atoms with Gasteiger partial charge < -0.3 is 4.90 Å². The predicted molar refractivity (Wildman–Crippen MR) is 147 cm³/mol. The van der Waals surface area contributed by atoms with Gasteiger partial charge in [0, 0.05) is 43.3 Å². The molecule has 0 radical (unpaired) electrons. The van der Waals surface area contributed by atoms with E-state index in [0.29, 0.717) is 28.6 Å². The molecule has 0 atom stereocenters. The normalized spacial score (nSPS) is 17.5. The molecule has 2 heterocycles. The first-order valence-electron chi connectivity index (χ1n) is 12.2. The number of carbonyl (C=O) groups is 3. The van der Waals surface area contributed by atoms with Gasteiger partial charge in [0.05, 0.1) is 11.4 Å². The van der Waals surface area contributed by atoms with E-state index >= 15 is 0 Å². The molecule has 5 rings (SSSR count). The van der Waals surface area contributed by atoms with Crippen molar-refractivity contribution in [2.75, 3.05) is 26.2 Å². The van der Waals surface area contributed by atoms with Crippen LogP contribution in [0.5, 0.6) is 0 Å². The molecule has 2 fully saturated rings. The molecule has 3 amide bonds. The third-order valence-electron chi connectivity index (χ3n) is 6.54. The molecule has 0 bridgehead atoms. The quantitative estimate of drug-likeness (QED) is 0.371. The summed E-state index contributed by atoms with van der Waals surface area (Å²) in [5.74, 6) is -0.636. The molecule has 2 aliphatic heterocycles. The van der Waals surface area contributed by atoms with Gasteiger partial charge >= 0.3 is 0 Å². The Bertz CT molecular complexity index is 1390. The van der Waals surface area contributed by atoms with E-state index in [0.717, 1.165) is 48.1 Å². The fourth-order valence-electron chi connectivity index (χ4n) is 4.47. The third kappa shape index (κ3) is 6.15. The maximum Gasteiger partial charge on any atom is 0.293 e. The second-order valence-corrected chi connectivity index (χ2v) is 10.6. The number of carbonyl (C=O) groups excluding carboxylic acids is 3. The highest BCUT2D eigenvalue weighted by atomic mass is 35.5. The predicted octanol–water partition coefficient (Wildman–Crippen LogP) is 5.67. The van der Waals surface area contributed by atoms with E-state index in [1.807, 2.05) is 11.0 Å². The minimum absolute atomic E-state index is 0.0418. The molecule has 0 spiro atoms. The fourth-order valence-corrected chi connectivity index (χ4v) is 5.52. The molecule has 0 aliphatic carbocycles. The van der Waals surface area contributed by atoms with Crippen LogP contribution in [-0.2, 0) is 17.9 Å². The molecule has 3 aromatic rings. The van der Waals surface area contributed by atoms with E-state index in [-0.39, 0.29) is 29.4 Å². The second-order valence-electron chi connectivity index (χ2n) is 9.21. The van der Waals surface area contributed by atoms with Gasteiger partial charge in [-0.05, 0) is 70.9 Å². The summed E-state index contributed by atoms with van der Waals surface area (Å²) in [5, 5.41) is 0.220. The number of hydrogen-bond donors (Lipinski definition) is 0. The van der Waals surface area contributed by atoms with Crippen LogP contribution < -0.4 is 0 Å². The van der Waals surface area contributed by atoms with Crippen LogP contribution in [0.25, 0.3) is 6.08 Å². The Morgan fingerprint density at radius 2 is 1.61 bits per heavy atom. The summed E-state index contributed by atoms with van der Waals surface area (Å²) in [4.78, 5) is 44.0. The van der Waals surface area contributed by atoms with E-state index in [2.05, 4.69) is 4.90 Å². The maximum atomic E-state index is 13.1. The van der Waals surface area contributed by atoms with Crippen LogP contribution in [0.1, 0.15) is 27.0 Å². The van der Waals surface area contributed by atoms with Gasteiger partial charge in [0.25, 0.3) is 17.1 Å². The van der Waals surface area contributed by atoms with Crippen LogP contribution in [0.2, 0.25) is 5.02 Å². The van der Waals surface area contributed by atoms with Crippen molar-refractivity contribution < 1.29 is 18.8 Å². The van der Waals surface area contributed by atoms with Gasteiger partial charge in [0.2, 0.25) is 0 Å². The summed E-state index contributed by atoms with van der Waals surface area (Å²) >= 11 is 6.92. The van der Waals surface area contributed by atoms with Crippen molar-refractivity contribution in [2.45, 2.75) is 13.1 Å². The molecule has 2 saturated heterocycles. The molecule has 9 heteroatoms. The number of nitrogens with zero attached hydrogens (tertiary/aromatic N) is 3. The highest BCUT2D eigenvalue weighted by Gasteiger charge is 2.35. The molecular weight excluding hydrogens is 525 g/mol. The number of amides is 3. The lowest BCUT2D eigenvalue weighted by atomic mass is 10.1. The number of imide groups is 1. The zero-order chi connectivity index (χ0) is 26.6. The number of piperazine rings is 1. The Morgan fingerprint density at radius 1 is 0.895 bits per heavy atom. The fraction of sp³-hybridized carbons (Fsp3) is 0.207. The van der Waals surface area contributed by atoms with Crippen molar-refractivity contribution in [3.8, 4) is 0 Å². The molecule has 6 nitrogen and oxygen atoms in total. The van der Waals surface area contributed by atoms with Gasteiger partial charge in [0.1, 0.15) is 5.82 Å². The molecule has 38 heavy (non-hydrogen) atoms. The number of hydrogen-bond acceptors (Lipinski definition) is 5. The molecule has 0 aromatic heterocycles. The maximum absolute atomic E-state index is 13.1. The Balaban J connectivity index is 1.17. The minimum atomic E-state index is -0.348. The topological polar surface area (TPSA) is 60.9 Å². The smallest absolute Gasteiger partial charge is 0.293 e. The van der Waals surface area contributed by atoms with Crippen molar-refractivity contribution in [3.05, 3.63) is 111 Å². The summed E-state index contributed by atoms with van der Waals surface area (Å²) in [5.41, 5.74) is 3.13. The van der Waals surface area contributed by atoms with E-state index in [4.69, 9.17) is 11.6 Å².